The van der Waals surface area contributed by atoms with Crippen molar-refractivity contribution < 1.29 is 50.6 Å². The highest BCUT2D eigenvalue weighted by atomic mass is 19.2. The Hall–Kier alpha value is -4.23. The van der Waals surface area contributed by atoms with E-state index in [1.807, 2.05) is 13.8 Å². The fourth-order valence-electron chi connectivity index (χ4n) is 3.44. The Bertz CT molecular complexity index is 1240. The Balaban J connectivity index is 1.99. The molecule has 0 heterocycles. The highest BCUT2D eigenvalue weighted by Gasteiger charge is 2.29. The number of rotatable bonds is 13. The lowest BCUT2D eigenvalue weighted by Crippen LogP contribution is -2.45. The van der Waals surface area contributed by atoms with Gasteiger partial charge in [-0.15, -0.1) is 0 Å². The van der Waals surface area contributed by atoms with Crippen LogP contribution in [0, 0.1) is 40.9 Å². The molecule has 14 heteroatoms. The van der Waals surface area contributed by atoms with Gasteiger partial charge in [0.05, 0.1) is 6.04 Å². The first-order chi connectivity index (χ1) is 19.2. The van der Waals surface area contributed by atoms with Crippen molar-refractivity contribution in [2.45, 2.75) is 52.7 Å². The molecule has 2 atom stereocenters. The maximum absolute atomic E-state index is 13.7. The molecule has 0 aliphatic heterocycles. The van der Waals surface area contributed by atoms with E-state index in [9.17, 15) is 41.1 Å². The van der Waals surface area contributed by atoms with Gasteiger partial charge in [-0.2, -0.15) is 8.78 Å². The molecule has 2 aromatic rings. The van der Waals surface area contributed by atoms with E-state index >= 15 is 0 Å². The number of hydrogen-bond acceptors (Lipinski definition) is 6. The van der Waals surface area contributed by atoms with Crippen LogP contribution in [0.5, 0.6) is 5.75 Å². The van der Waals surface area contributed by atoms with Crippen molar-refractivity contribution in [1.82, 2.24) is 10.6 Å². The maximum atomic E-state index is 13.7. The van der Waals surface area contributed by atoms with Gasteiger partial charge in [-0.3, -0.25) is 9.59 Å². The summed E-state index contributed by atoms with van der Waals surface area (Å²) in [5, 5.41) is 5.18. The van der Waals surface area contributed by atoms with Crippen LogP contribution in [0.3, 0.4) is 0 Å². The van der Waals surface area contributed by atoms with Crippen molar-refractivity contribution in [2.24, 2.45) is 17.6 Å². The lowest BCUT2D eigenvalue weighted by molar-refractivity contribution is -0.130. The van der Waals surface area contributed by atoms with Crippen molar-refractivity contribution in [3.8, 4) is 5.75 Å². The zero-order chi connectivity index (χ0) is 30.9. The van der Waals surface area contributed by atoms with Crippen molar-refractivity contribution >= 4 is 23.9 Å². The molecule has 0 aromatic heterocycles. The van der Waals surface area contributed by atoms with Crippen molar-refractivity contribution in [3.63, 3.8) is 0 Å². The number of carbonyl (C=O) groups is 4. The number of halogens is 5. The number of ether oxygens (including phenoxy) is 2. The van der Waals surface area contributed by atoms with Gasteiger partial charge < -0.3 is 25.8 Å². The molecular weight excluding hydrogens is 557 g/mol. The molecule has 0 unspecified atom stereocenters. The summed E-state index contributed by atoms with van der Waals surface area (Å²) < 4.78 is 75.8. The standard InChI is InChI=1S/C27H30F5N3O6/c1-13(2)14(3)25(37)35-17(5-4-10-34-26(33)38)18(36)11-15-6-8-16(9-7-15)12-40-27(39)41-24-22(31)20(29)19(28)21(30)23(24)32/h6-9,13-14,17H,4-5,10-12H2,1-3H3,(H,35,37)(H3,33,34,38)/t14-,17-/m0/s1. The van der Waals surface area contributed by atoms with Crippen LogP contribution < -0.4 is 21.1 Å². The van der Waals surface area contributed by atoms with Gasteiger partial charge in [0.15, 0.2) is 5.78 Å². The second-order valence-electron chi connectivity index (χ2n) is 9.53. The number of nitrogens with two attached hydrogens (primary N) is 1. The number of nitrogens with one attached hydrogen (secondary N) is 2. The molecular formula is C27H30F5N3O6. The fourth-order valence-corrected chi connectivity index (χ4v) is 3.44. The lowest BCUT2D eigenvalue weighted by Gasteiger charge is -2.22. The summed E-state index contributed by atoms with van der Waals surface area (Å²) in [6, 6.07) is 4.49. The molecule has 0 aliphatic carbocycles. The van der Waals surface area contributed by atoms with E-state index in [-0.39, 0.29) is 42.9 Å². The highest BCUT2D eigenvalue weighted by molar-refractivity contribution is 5.91. The Labute approximate surface area is 232 Å². The molecule has 0 bridgehead atoms. The normalized spacial score (nSPS) is 12.4. The second kappa shape index (κ2) is 15.0. The van der Waals surface area contributed by atoms with Crippen molar-refractivity contribution in [1.29, 1.82) is 0 Å². The molecule has 4 N–H and O–H groups in total. The second-order valence-corrected chi connectivity index (χ2v) is 9.53. The summed E-state index contributed by atoms with van der Waals surface area (Å²) in [7, 11) is 0. The van der Waals surface area contributed by atoms with E-state index in [0.717, 1.165) is 0 Å². The molecule has 9 nitrogen and oxygen atoms in total. The van der Waals surface area contributed by atoms with E-state index < -0.39 is 59.7 Å². The minimum atomic E-state index is -2.40. The summed E-state index contributed by atoms with van der Waals surface area (Å²) in [5.41, 5.74) is 5.95. The molecule has 0 saturated heterocycles. The molecule has 0 radical (unpaired) electrons. The molecule has 3 amide bonds. The van der Waals surface area contributed by atoms with Crippen LogP contribution in [0.1, 0.15) is 44.7 Å². The first-order valence-corrected chi connectivity index (χ1v) is 12.5. The number of carbonyl (C=O) groups excluding carboxylic acids is 4. The van der Waals surface area contributed by atoms with E-state index in [4.69, 9.17) is 5.73 Å². The summed E-state index contributed by atoms with van der Waals surface area (Å²) in [5.74, 6) is -14.3. The Morgan fingerprint density at radius 3 is 1.93 bits per heavy atom. The molecule has 0 fully saturated rings. The maximum Gasteiger partial charge on any atom is 0.514 e. The molecule has 0 aliphatic rings. The number of Topliss-reactive ketones (excluding diaryl/α,β-unsaturated/α-hetero) is 1. The zero-order valence-electron chi connectivity index (χ0n) is 22.5. The molecule has 41 heavy (non-hydrogen) atoms. The third-order valence-corrected chi connectivity index (χ3v) is 6.20. The molecule has 0 spiro atoms. The van der Waals surface area contributed by atoms with Crippen LogP contribution in [0.4, 0.5) is 31.5 Å². The number of hydrogen-bond donors (Lipinski definition) is 3. The average molecular weight is 588 g/mol. The minimum absolute atomic E-state index is 0.0467. The van der Waals surface area contributed by atoms with Crippen molar-refractivity contribution in [2.75, 3.05) is 6.54 Å². The monoisotopic (exact) mass is 587 g/mol. The predicted octanol–water partition coefficient (Wildman–Crippen LogP) is 4.43. The summed E-state index contributed by atoms with van der Waals surface area (Å²) in [4.78, 5) is 48.3. The van der Waals surface area contributed by atoms with Crippen LogP contribution in [0.15, 0.2) is 24.3 Å². The SMILES string of the molecule is CC(C)[C@H](C)C(=O)N[C@@H](CCCNC(N)=O)C(=O)Cc1ccc(COC(=O)Oc2c(F)c(F)c(F)c(F)c2F)cc1. The fraction of sp³-hybridized carbons (Fsp3) is 0.407. The third kappa shape index (κ3) is 9.43. The molecule has 224 valence electrons. The van der Waals surface area contributed by atoms with Gasteiger partial charge in [-0.25, -0.2) is 22.8 Å². The van der Waals surface area contributed by atoms with Crippen LogP contribution in [0.25, 0.3) is 0 Å². The van der Waals surface area contributed by atoms with Gasteiger partial charge in [0.1, 0.15) is 6.61 Å². The number of urea groups is 1. The summed E-state index contributed by atoms with van der Waals surface area (Å²) >= 11 is 0. The van der Waals surface area contributed by atoms with Crippen LogP contribution in [0.2, 0.25) is 0 Å². The van der Waals surface area contributed by atoms with Gasteiger partial charge in [0, 0.05) is 18.9 Å². The lowest BCUT2D eigenvalue weighted by atomic mass is 9.95. The zero-order valence-corrected chi connectivity index (χ0v) is 22.5. The van der Waals surface area contributed by atoms with Gasteiger partial charge >= 0.3 is 12.2 Å². The smallest absolute Gasteiger partial charge is 0.429 e. The van der Waals surface area contributed by atoms with Crippen LogP contribution in [-0.4, -0.2) is 36.5 Å². The molecule has 2 rings (SSSR count). The van der Waals surface area contributed by atoms with Crippen LogP contribution in [-0.2, 0) is 27.4 Å². The Morgan fingerprint density at radius 1 is 0.854 bits per heavy atom. The van der Waals surface area contributed by atoms with Gasteiger partial charge in [-0.1, -0.05) is 45.0 Å². The van der Waals surface area contributed by atoms with Crippen LogP contribution >= 0.6 is 0 Å². The van der Waals surface area contributed by atoms with E-state index in [0.29, 0.717) is 17.5 Å². The summed E-state index contributed by atoms with van der Waals surface area (Å²) in [6.07, 6.45) is -1.14. The topological polar surface area (TPSA) is 137 Å². The highest BCUT2D eigenvalue weighted by Crippen LogP contribution is 2.29. The van der Waals surface area contributed by atoms with Gasteiger partial charge in [0.25, 0.3) is 0 Å². The number of amides is 3. The minimum Gasteiger partial charge on any atom is -0.429 e. The first-order valence-electron chi connectivity index (χ1n) is 12.5. The predicted molar refractivity (Wildman–Crippen MR) is 135 cm³/mol. The number of benzene rings is 2. The molecule has 0 saturated carbocycles. The van der Waals surface area contributed by atoms with E-state index in [1.54, 1.807) is 6.92 Å². The summed E-state index contributed by atoms with van der Waals surface area (Å²) in [6.45, 7) is 5.23. The average Bonchev–Trinajstić information content (AvgIpc) is 2.93. The number of primary amides is 1. The van der Waals surface area contributed by atoms with E-state index in [2.05, 4.69) is 20.1 Å². The Kier molecular flexibility index (Phi) is 12.0. The quantitative estimate of drug-likeness (QED) is 0.0792. The van der Waals surface area contributed by atoms with Gasteiger partial charge in [-0.05, 0) is 29.9 Å². The number of ketones is 1. The third-order valence-electron chi connectivity index (χ3n) is 6.20. The largest absolute Gasteiger partial charge is 0.514 e. The van der Waals surface area contributed by atoms with E-state index in [1.165, 1.54) is 24.3 Å². The first kappa shape index (κ1) is 33.0. The van der Waals surface area contributed by atoms with Crippen molar-refractivity contribution in [3.05, 3.63) is 64.5 Å². The Morgan fingerprint density at radius 2 is 1.39 bits per heavy atom. The molecule has 2 aromatic carbocycles. The van der Waals surface area contributed by atoms with Gasteiger partial charge in [0.2, 0.25) is 40.7 Å².